The lowest BCUT2D eigenvalue weighted by Crippen LogP contribution is -2.09. The number of imidazole rings is 1. The zero-order chi connectivity index (χ0) is 12.7. The third kappa shape index (κ3) is 5.24. The van der Waals surface area contributed by atoms with Crippen LogP contribution in [0.1, 0.15) is 52.1 Å². The Balaban J connectivity index is 2.40. The molecule has 0 aromatic carbocycles. The Labute approximate surface area is 106 Å². The molecule has 0 atom stereocenters. The number of hydrogen-bond acceptors (Lipinski definition) is 2. The first-order valence-electron chi connectivity index (χ1n) is 6.91. The lowest BCUT2D eigenvalue weighted by Gasteiger charge is -2.09. The first-order chi connectivity index (χ1) is 8.13. The molecule has 3 nitrogen and oxygen atoms in total. The van der Waals surface area contributed by atoms with Gasteiger partial charge < -0.3 is 9.88 Å². The fraction of sp³-hybridized carbons (Fsp3) is 0.786. The van der Waals surface area contributed by atoms with Gasteiger partial charge in [0.1, 0.15) is 0 Å². The number of aryl methyl sites for hydroxylation is 2. The van der Waals surface area contributed by atoms with Crippen LogP contribution in [-0.4, -0.2) is 16.1 Å². The van der Waals surface area contributed by atoms with Crippen molar-refractivity contribution < 1.29 is 0 Å². The van der Waals surface area contributed by atoms with Crippen LogP contribution in [-0.2, 0) is 6.54 Å². The van der Waals surface area contributed by atoms with E-state index in [0.717, 1.165) is 30.6 Å². The maximum atomic E-state index is 4.53. The van der Waals surface area contributed by atoms with Crippen LogP contribution in [0.5, 0.6) is 0 Å². The molecule has 0 spiro atoms. The lowest BCUT2D eigenvalue weighted by atomic mass is 10.1. The number of hydrogen-bond donors (Lipinski definition) is 1. The second-order valence-corrected chi connectivity index (χ2v) is 5.22. The summed E-state index contributed by atoms with van der Waals surface area (Å²) in [6.07, 6.45) is 7.08. The maximum Gasteiger partial charge on any atom is 0.203 e. The minimum Gasteiger partial charge on any atom is -0.356 e. The maximum absolute atomic E-state index is 4.53. The van der Waals surface area contributed by atoms with Gasteiger partial charge in [-0.2, -0.15) is 0 Å². The Morgan fingerprint density at radius 2 is 2.12 bits per heavy atom. The molecule has 0 aliphatic rings. The number of aromatic nitrogens is 2. The fourth-order valence-corrected chi connectivity index (χ4v) is 1.90. The van der Waals surface area contributed by atoms with Crippen molar-refractivity contribution in [2.45, 2.75) is 59.9 Å². The fourth-order valence-electron chi connectivity index (χ4n) is 1.90. The minimum absolute atomic E-state index is 0.790. The molecule has 1 aromatic heterocycles. The van der Waals surface area contributed by atoms with Crippen molar-refractivity contribution in [2.75, 3.05) is 11.9 Å². The predicted octanol–water partition coefficient (Wildman–Crippen LogP) is 3.84. The Bertz CT molecular complexity index is 315. The third-order valence-electron chi connectivity index (χ3n) is 2.89. The Kier molecular flexibility index (Phi) is 6.09. The van der Waals surface area contributed by atoms with E-state index in [2.05, 4.69) is 48.8 Å². The summed E-state index contributed by atoms with van der Waals surface area (Å²) in [5.74, 6) is 1.83. The van der Waals surface area contributed by atoms with Crippen molar-refractivity contribution in [3.05, 3.63) is 11.9 Å². The van der Waals surface area contributed by atoms with Crippen LogP contribution in [0, 0.1) is 12.8 Å². The van der Waals surface area contributed by atoms with Gasteiger partial charge in [-0.3, -0.25) is 0 Å². The first kappa shape index (κ1) is 14.1. The summed E-state index contributed by atoms with van der Waals surface area (Å²) in [7, 11) is 0. The number of anilines is 1. The van der Waals surface area contributed by atoms with Crippen LogP contribution in [0.15, 0.2) is 6.20 Å². The molecule has 1 aromatic rings. The Hall–Kier alpha value is -0.990. The van der Waals surface area contributed by atoms with E-state index in [1.165, 1.54) is 25.7 Å². The standard InChI is InChI=1S/C14H27N3/c1-5-6-10-17-11-13(4)16-14(17)15-9-7-8-12(2)3/h11-12H,5-10H2,1-4H3,(H,15,16). The zero-order valence-corrected chi connectivity index (χ0v) is 11.8. The first-order valence-corrected chi connectivity index (χ1v) is 6.91. The second kappa shape index (κ2) is 7.36. The summed E-state index contributed by atoms with van der Waals surface area (Å²) in [5, 5.41) is 3.45. The smallest absolute Gasteiger partial charge is 0.203 e. The van der Waals surface area contributed by atoms with Gasteiger partial charge in [-0.15, -0.1) is 0 Å². The lowest BCUT2D eigenvalue weighted by molar-refractivity contribution is 0.564. The molecular weight excluding hydrogens is 210 g/mol. The molecule has 0 saturated carbocycles. The van der Waals surface area contributed by atoms with E-state index in [1.54, 1.807) is 0 Å². The minimum atomic E-state index is 0.790. The summed E-state index contributed by atoms with van der Waals surface area (Å²) < 4.78 is 2.24. The molecule has 0 bridgehead atoms. The molecule has 98 valence electrons. The van der Waals surface area contributed by atoms with Crippen LogP contribution < -0.4 is 5.32 Å². The average molecular weight is 237 g/mol. The van der Waals surface area contributed by atoms with Crippen LogP contribution in [0.3, 0.4) is 0 Å². The highest BCUT2D eigenvalue weighted by atomic mass is 15.2. The molecule has 0 unspecified atom stereocenters. The molecule has 0 amide bonds. The molecule has 17 heavy (non-hydrogen) atoms. The quantitative estimate of drug-likeness (QED) is 0.696. The monoisotopic (exact) mass is 237 g/mol. The van der Waals surface area contributed by atoms with Crippen molar-refractivity contribution in [3.63, 3.8) is 0 Å². The van der Waals surface area contributed by atoms with Crippen LogP contribution in [0.4, 0.5) is 5.95 Å². The second-order valence-electron chi connectivity index (χ2n) is 5.22. The number of unbranched alkanes of at least 4 members (excludes halogenated alkanes) is 1. The molecule has 0 fully saturated rings. The van der Waals surface area contributed by atoms with Gasteiger partial charge in [0, 0.05) is 19.3 Å². The molecular formula is C14H27N3. The number of rotatable bonds is 8. The molecule has 0 radical (unpaired) electrons. The summed E-state index contributed by atoms with van der Waals surface area (Å²) in [6.45, 7) is 10.9. The van der Waals surface area contributed by atoms with Gasteiger partial charge in [0.05, 0.1) is 5.69 Å². The third-order valence-corrected chi connectivity index (χ3v) is 2.89. The number of nitrogens with zero attached hydrogens (tertiary/aromatic N) is 2. The zero-order valence-electron chi connectivity index (χ0n) is 11.8. The normalized spacial score (nSPS) is 11.1. The van der Waals surface area contributed by atoms with Gasteiger partial charge in [0.15, 0.2) is 0 Å². The van der Waals surface area contributed by atoms with Gasteiger partial charge in [0.25, 0.3) is 0 Å². The highest BCUT2D eigenvalue weighted by Crippen LogP contribution is 2.11. The highest BCUT2D eigenvalue weighted by Gasteiger charge is 2.04. The summed E-state index contributed by atoms with van der Waals surface area (Å²) in [4.78, 5) is 4.53. The van der Waals surface area contributed by atoms with Crippen molar-refractivity contribution in [1.82, 2.24) is 9.55 Å². The van der Waals surface area contributed by atoms with Crippen molar-refractivity contribution in [1.29, 1.82) is 0 Å². The van der Waals surface area contributed by atoms with Gasteiger partial charge in [0.2, 0.25) is 5.95 Å². The van der Waals surface area contributed by atoms with Gasteiger partial charge in [-0.25, -0.2) is 4.98 Å². The van der Waals surface area contributed by atoms with E-state index in [9.17, 15) is 0 Å². The summed E-state index contributed by atoms with van der Waals surface area (Å²) >= 11 is 0. The molecule has 0 saturated heterocycles. The Morgan fingerprint density at radius 3 is 2.76 bits per heavy atom. The van der Waals surface area contributed by atoms with Gasteiger partial charge in [-0.05, 0) is 32.1 Å². The molecule has 1 rings (SSSR count). The van der Waals surface area contributed by atoms with E-state index in [4.69, 9.17) is 0 Å². The van der Waals surface area contributed by atoms with E-state index < -0.39 is 0 Å². The SMILES string of the molecule is CCCCn1cc(C)nc1NCCCC(C)C. The molecule has 1 heterocycles. The summed E-state index contributed by atoms with van der Waals surface area (Å²) in [5.41, 5.74) is 1.10. The van der Waals surface area contributed by atoms with Crippen LogP contribution in [0.25, 0.3) is 0 Å². The summed E-state index contributed by atoms with van der Waals surface area (Å²) in [6, 6.07) is 0. The van der Waals surface area contributed by atoms with Crippen LogP contribution in [0.2, 0.25) is 0 Å². The Morgan fingerprint density at radius 1 is 1.35 bits per heavy atom. The van der Waals surface area contributed by atoms with Crippen molar-refractivity contribution in [3.8, 4) is 0 Å². The van der Waals surface area contributed by atoms with E-state index in [1.807, 2.05) is 0 Å². The van der Waals surface area contributed by atoms with Crippen LogP contribution >= 0.6 is 0 Å². The van der Waals surface area contributed by atoms with Gasteiger partial charge >= 0.3 is 0 Å². The molecule has 1 N–H and O–H groups in total. The van der Waals surface area contributed by atoms with Crippen molar-refractivity contribution in [2.24, 2.45) is 5.92 Å². The topological polar surface area (TPSA) is 29.9 Å². The molecule has 0 aliphatic carbocycles. The average Bonchev–Trinajstić information content (AvgIpc) is 2.62. The molecule has 3 heteroatoms. The largest absolute Gasteiger partial charge is 0.356 e. The van der Waals surface area contributed by atoms with Crippen molar-refractivity contribution >= 4 is 5.95 Å². The van der Waals surface area contributed by atoms with Gasteiger partial charge in [-0.1, -0.05) is 27.2 Å². The van der Waals surface area contributed by atoms with E-state index in [0.29, 0.717) is 0 Å². The molecule has 0 aliphatic heterocycles. The number of nitrogens with one attached hydrogen (secondary N) is 1. The predicted molar refractivity (Wildman–Crippen MR) is 74.4 cm³/mol. The highest BCUT2D eigenvalue weighted by molar-refractivity contribution is 5.28. The van der Waals surface area contributed by atoms with E-state index in [-0.39, 0.29) is 0 Å². The van der Waals surface area contributed by atoms with E-state index >= 15 is 0 Å².